The van der Waals surface area contributed by atoms with Crippen molar-refractivity contribution in [2.75, 3.05) is 20.2 Å². The summed E-state index contributed by atoms with van der Waals surface area (Å²) < 4.78 is 5.42. The predicted molar refractivity (Wildman–Crippen MR) is 80.7 cm³/mol. The van der Waals surface area contributed by atoms with Gasteiger partial charge in [0, 0.05) is 13.0 Å². The van der Waals surface area contributed by atoms with Gasteiger partial charge in [0.15, 0.2) is 0 Å². The molecule has 0 saturated carbocycles. The molecule has 1 aromatic rings. The zero-order valence-electron chi connectivity index (χ0n) is 12.7. The van der Waals surface area contributed by atoms with Gasteiger partial charge in [0.2, 0.25) is 0 Å². The molecule has 0 radical (unpaired) electrons. The van der Waals surface area contributed by atoms with Crippen molar-refractivity contribution in [3.63, 3.8) is 0 Å². The molecule has 0 bridgehead atoms. The molecule has 1 aromatic carbocycles. The monoisotopic (exact) mass is 272 g/mol. The van der Waals surface area contributed by atoms with Gasteiger partial charge in [0.1, 0.15) is 11.3 Å². The lowest BCUT2D eigenvalue weighted by atomic mass is 9.88. The van der Waals surface area contributed by atoms with Crippen molar-refractivity contribution in [2.45, 2.75) is 38.6 Å². The quantitative estimate of drug-likeness (QED) is 0.844. The Morgan fingerprint density at radius 1 is 1.45 bits per heavy atom. The van der Waals surface area contributed by atoms with Crippen LogP contribution < -0.4 is 4.74 Å². The molecular formula is C17H24N2O. The highest BCUT2D eigenvalue weighted by Crippen LogP contribution is 2.29. The van der Waals surface area contributed by atoms with Crippen LogP contribution in [0.25, 0.3) is 0 Å². The second-order valence-electron chi connectivity index (χ2n) is 6.07. The van der Waals surface area contributed by atoms with Gasteiger partial charge in [-0.3, -0.25) is 4.90 Å². The van der Waals surface area contributed by atoms with Crippen LogP contribution in [0.2, 0.25) is 0 Å². The Morgan fingerprint density at radius 3 is 2.85 bits per heavy atom. The fourth-order valence-electron chi connectivity index (χ4n) is 3.08. The van der Waals surface area contributed by atoms with Crippen LogP contribution >= 0.6 is 0 Å². The third-order valence-electron chi connectivity index (χ3n) is 4.32. The number of benzene rings is 1. The molecule has 1 heterocycles. The van der Waals surface area contributed by atoms with Crippen LogP contribution in [0, 0.1) is 17.2 Å². The molecule has 1 saturated heterocycles. The average molecular weight is 272 g/mol. The van der Waals surface area contributed by atoms with Crippen LogP contribution in [0.3, 0.4) is 0 Å². The number of methoxy groups -OCH3 is 1. The molecule has 2 atom stereocenters. The van der Waals surface area contributed by atoms with Gasteiger partial charge in [-0.15, -0.1) is 0 Å². The molecule has 2 rings (SSSR count). The summed E-state index contributed by atoms with van der Waals surface area (Å²) in [5.41, 5.74) is 0.654. The van der Waals surface area contributed by atoms with Crippen molar-refractivity contribution in [1.29, 1.82) is 5.26 Å². The average Bonchev–Trinajstić information content (AvgIpc) is 2.47. The van der Waals surface area contributed by atoms with Crippen molar-refractivity contribution >= 4 is 0 Å². The molecule has 1 fully saturated rings. The molecule has 108 valence electrons. The lowest BCUT2D eigenvalue weighted by Gasteiger charge is -2.41. The Morgan fingerprint density at radius 2 is 2.20 bits per heavy atom. The fraction of sp³-hybridized carbons (Fsp3) is 0.588. The van der Waals surface area contributed by atoms with E-state index in [0.717, 1.165) is 24.4 Å². The summed E-state index contributed by atoms with van der Waals surface area (Å²) in [5.74, 6) is 1.55. The molecule has 2 unspecified atom stereocenters. The Bertz CT molecular complexity index is 494. The predicted octanol–water partition coefficient (Wildman–Crippen LogP) is 3.25. The topological polar surface area (TPSA) is 36.3 Å². The second kappa shape index (κ2) is 6.28. The van der Waals surface area contributed by atoms with E-state index in [2.05, 4.69) is 30.9 Å². The van der Waals surface area contributed by atoms with Gasteiger partial charge in [-0.2, -0.15) is 5.26 Å². The molecule has 0 aromatic heterocycles. The molecule has 0 spiro atoms. The Labute approximate surface area is 122 Å². The number of nitriles is 1. The van der Waals surface area contributed by atoms with Gasteiger partial charge in [-0.25, -0.2) is 0 Å². The number of nitrogens with zero attached hydrogens (tertiary/aromatic N) is 2. The first kappa shape index (κ1) is 14.9. The first-order valence-corrected chi connectivity index (χ1v) is 7.37. The minimum absolute atomic E-state index is 0.455. The van der Waals surface area contributed by atoms with E-state index in [9.17, 15) is 5.26 Å². The zero-order chi connectivity index (χ0) is 14.6. The minimum Gasteiger partial charge on any atom is -0.496 e. The standard InChI is InChI=1S/C17H24N2O/c1-14-7-6-10-19(12-14)17(2,13-18)11-15-8-4-5-9-16(15)20-3/h4-5,8-9,14H,6-7,10-12H2,1-3H3. The molecule has 1 aliphatic rings. The third kappa shape index (κ3) is 3.13. The smallest absolute Gasteiger partial charge is 0.122 e. The Hall–Kier alpha value is -1.53. The maximum atomic E-state index is 9.72. The summed E-state index contributed by atoms with van der Waals surface area (Å²) >= 11 is 0. The van der Waals surface area contributed by atoms with E-state index < -0.39 is 5.54 Å². The third-order valence-corrected chi connectivity index (χ3v) is 4.32. The van der Waals surface area contributed by atoms with Crippen LogP contribution in [0.15, 0.2) is 24.3 Å². The number of piperidine rings is 1. The van der Waals surface area contributed by atoms with E-state index >= 15 is 0 Å². The van der Waals surface area contributed by atoms with Crippen LogP contribution in [0.1, 0.15) is 32.3 Å². The van der Waals surface area contributed by atoms with E-state index in [0.29, 0.717) is 12.3 Å². The number of rotatable bonds is 4. The van der Waals surface area contributed by atoms with Crippen LogP contribution in [0.5, 0.6) is 5.75 Å². The maximum Gasteiger partial charge on any atom is 0.122 e. The van der Waals surface area contributed by atoms with E-state index in [1.165, 1.54) is 12.8 Å². The Kier molecular flexibility index (Phi) is 4.67. The first-order chi connectivity index (χ1) is 9.59. The van der Waals surface area contributed by atoms with Crippen molar-refractivity contribution < 1.29 is 4.74 Å². The number of ether oxygens (including phenoxy) is 1. The largest absolute Gasteiger partial charge is 0.496 e. The molecule has 3 nitrogen and oxygen atoms in total. The van der Waals surface area contributed by atoms with Crippen molar-refractivity contribution in [1.82, 2.24) is 4.90 Å². The highest BCUT2D eigenvalue weighted by molar-refractivity contribution is 5.36. The highest BCUT2D eigenvalue weighted by atomic mass is 16.5. The normalized spacial score (nSPS) is 22.8. The van der Waals surface area contributed by atoms with Gasteiger partial charge >= 0.3 is 0 Å². The van der Waals surface area contributed by atoms with Crippen LogP contribution in [-0.2, 0) is 6.42 Å². The lowest BCUT2D eigenvalue weighted by molar-refractivity contribution is 0.0954. The van der Waals surface area contributed by atoms with Gasteiger partial charge in [0.05, 0.1) is 13.2 Å². The summed E-state index contributed by atoms with van der Waals surface area (Å²) in [5, 5.41) is 9.72. The number of hydrogen-bond donors (Lipinski definition) is 0. The number of hydrogen-bond acceptors (Lipinski definition) is 3. The van der Waals surface area contributed by atoms with Gasteiger partial charge in [0.25, 0.3) is 0 Å². The highest BCUT2D eigenvalue weighted by Gasteiger charge is 2.35. The van der Waals surface area contributed by atoms with Crippen LogP contribution in [0.4, 0.5) is 0 Å². The second-order valence-corrected chi connectivity index (χ2v) is 6.07. The molecular weight excluding hydrogens is 248 g/mol. The van der Waals surface area contributed by atoms with E-state index in [-0.39, 0.29) is 0 Å². The summed E-state index contributed by atoms with van der Waals surface area (Å²) in [6.07, 6.45) is 3.16. The van der Waals surface area contributed by atoms with Crippen LogP contribution in [-0.4, -0.2) is 30.6 Å². The maximum absolute atomic E-state index is 9.72. The summed E-state index contributed by atoms with van der Waals surface area (Å²) in [4.78, 5) is 2.34. The molecule has 3 heteroatoms. The van der Waals surface area contributed by atoms with Crippen molar-refractivity contribution in [3.05, 3.63) is 29.8 Å². The van der Waals surface area contributed by atoms with Crippen molar-refractivity contribution in [3.8, 4) is 11.8 Å². The minimum atomic E-state index is -0.455. The molecule has 20 heavy (non-hydrogen) atoms. The summed E-state index contributed by atoms with van der Waals surface area (Å²) in [7, 11) is 1.69. The first-order valence-electron chi connectivity index (χ1n) is 7.37. The lowest BCUT2D eigenvalue weighted by Crippen LogP contribution is -2.51. The van der Waals surface area contributed by atoms with Gasteiger partial charge in [-0.1, -0.05) is 25.1 Å². The Balaban J connectivity index is 2.21. The number of para-hydroxylation sites is 1. The summed E-state index contributed by atoms with van der Waals surface area (Å²) in [6, 6.07) is 10.5. The van der Waals surface area contributed by atoms with Gasteiger partial charge < -0.3 is 4.74 Å². The SMILES string of the molecule is COc1ccccc1CC(C)(C#N)N1CCCC(C)C1. The molecule has 0 aliphatic carbocycles. The van der Waals surface area contributed by atoms with E-state index in [1.807, 2.05) is 18.2 Å². The molecule has 1 aliphatic heterocycles. The van der Waals surface area contributed by atoms with Gasteiger partial charge in [-0.05, 0) is 43.9 Å². The van der Waals surface area contributed by atoms with E-state index in [1.54, 1.807) is 7.11 Å². The summed E-state index contributed by atoms with van der Waals surface area (Å²) in [6.45, 7) is 6.35. The fourth-order valence-corrected chi connectivity index (χ4v) is 3.08. The van der Waals surface area contributed by atoms with Crippen molar-refractivity contribution in [2.24, 2.45) is 5.92 Å². The molecule has 0 amide bonds. The zero-order valence-corrected chi connectivity index (χ0v) is 12.7. The number of likely N-dealkylation sites (tertiary alicyclic amines) is 1. The molecule has 0 N–H and O–H groups in total. The van der Waals surface area contributed by atoms with E-state index in [4.69, 9.17) is 4.74 Å².